The van der Waals surface area contributed by atoms with E-state index in [0.717, 1.165) is 11.3 Å². The first-order valence-electron chi connectivity index (χ1n) is 6.81. The van der Waals surface area contributed by atoms with Crippen molar-refractivity contribution in [3.8, 4) is 0 Å². The first kappa shape index (κ1) is 17.6. The van der Waals surface area contributed by atoms with E-state index in [1.165, 1.54) is 13.8 Å². The predicted molar refractivity (Wildman–Crippen MR) is 80.9 cm³/mol. The summed E-state index contributed by atoms with van der Waals surface area (Å²) in [6.07, 6.45) is 1.66. The molecule has 3 heteroatoms. The fourth-order valence-corrected chi connectivity index (χ4v) is 1.68. The standard InChI is InChI=1S/C14H21FN2.C2H6/c1-9(2)12-7-11(14(5,6)15)8-17(10(3)4)13(12)16;1-2/h7-9,16H,3H2,1-2,4-6H3;1-2H3. The van der Waals surface area contributed by atoms with Crippen molar-refractivity contribution < 1.29 is 4.39 Å². The highest BCUT2D eigenvalue weighted by molar-refractivity contribution is 5.41. The van der Waals surface area contributed by atoms with Crippen LogP contribution in [0.5, 0.6) is 0 Å². The van der Waals surface area contributed by atoms with Crippen LogP contribution in [0, 0.1) is 5.41 Å². The van der Waals surface area contributed by atoms with E-state index in [4.69, 9.17) is 5.41 Å². The Kier molecular flexibility index (Phi) is 6.20. The number of nitrogens with zero attached hydrogens (tertiary/aromatic N) is 1. The molecular weight excluding hydrogens is 239 g/mol. The molecule has 0 bridgehead atoms. The van der Waals surface area contributed by atoms with Crippen molar-refractivity contribution in [3.05, 3.63) is 35.5 Å². The van der Waals surface area contributed by atoms with Gasteiger partial charge in [-0.05, 0) is 38.3 Å². The molecule has 2 nitrogen and oxygen atoms in total. The molecule has 0 spiro atoms. The van der Waals surface area contributed by atoms with Crippen LogP contribution >= 0.6 is 0 Å². The largest absolute Gasteiger partial charge is 0.306 e. The van der Waals surface area contributed by atoms with Gasteiger partial charge in [-0.1, -0.05) is 34.3 Å². The van der Waals surface area contributed by atoms with E-state index in [9.17, 15) is 4.39 Å². The number of halogens is 1. The molecule has 1 aromatic heterocycles. The summed E-state index contributed by atoms with van der Waals surface area (Å²) in [6.45, 7) is 16.7. The lowest BCUT2D eigenvalue weighted by Crippen LogP contribution is -2.26. The molecular formula is C16H27FN2. The average Bonchev–Trinajstić information content (AvgIpc) is 2.29. The number of pyridine rings is 1. The third-order valence-corrected chi connectivity index (χ3v) is 2.81. The number of rotatable bonds is 3. The Morgan fingerprint density at radius 1 is 1.37 bits per heavy atom. The minimum atomic E-state index is -1.41. The highest BCUT2D eigenvalue weighted by atomic mass is 19.1. The number of allylic oxidation sites excluding steroid dienone is 1. The lowest BCUT2D eigenvalue weighted by Gasteiger charge is -2.20. The molecule has 0 fully saturated rings. The smallest absolute Gasteiger partial charge is 0.132 e. The van der Waals surface area contributed by atoms with Crippen LogP contribution < -0.4 is 5.49 Å². The van der Waals surface area contributed by atoms with Gasteiger partial charge in [0.2, 0.25) is 0 Å². The van der Waals surface area contributed by atoms with E-state index in [-0.39, 0.29) is 5.92 Å². The molecule has 0 amide bonds. The Morgan fingerprint density at radius 2 is 1.84 bits per heavy atom. The van der Waals surface area contributed by atoms with E-state index >= 15 is 0 Å². The maximum atomic E-state index is 14.0. The van der Waals surface area contributed by atoms with Gasteiger partial charge >= 0.3 is 0 Å². The predicted octanol–water partition coefficient (Wildman–Crippen LogP) is 4.81. The van der Waals surface area contributed by atoms with Gasteiger partial charge in [0.1, 0.15) is 11.2 Å². The normalized spacial score (nSPS) is 11.0. The molecule has 0 aliphatic carbocycles. The summed E-state index contributed by atoms with van der Waals surface area (Å²) in [4.78, 5) is 0. The summed E-state index contributed by atoms with van der Waals surface area (Å²) in [5.41, 5.74) is 1.13. The van der Waals surface area contributed by atoms with Crippen LogP contribution in [0.25, 0.3) is 5.70 Å². The fourth-order valence-electron chi connectivity index (χ4n) is 1.68. The molecule has 108 valence electrons. The zero-order valence-corrected chi connectivity index (χ0v) is 13.3. The van der Waals surface area contributed by atoms with E-state index in [1.807, 2.05) is 34.6 Å². The molecule has 0 aromatic carbocycles. The van der Waals surface area contributed by atoms with Crippen molar-refractivity contribution in [2.75, 3.05) is 0 Å². The Hall–Kier alpha value is -1.38. The quantitative estimate of drug-likeness (QED) is 0.813. The third-order valence-electron chi connectivity index (χ3n) is 2.81. The summed E-state index contributed by atoms with van der Waals surface area (Å²) < 4.78 is 15.7. The Labute approximate surface area is 116 Å². The van der Waals surface area contributed by atoms with Crippen LogP contribution in [0.2, 0.25) is 0 Å². The number of nitrogens with one attached hydrogen (secondary N) is 1. The second-order valence-corrected chi connectivity index (χ2v) is 5.27. The van der Waals surface area contributed by atoms with Crippen molar-refractivity contribution >= 4 is 5.70 Å². The van der Waals surface area contributed by atoms with Crippen LogP contribution in [-0.4, -0.2) is 4.57 Å². The minimum absolute atomic E-state index is 0.190. The number of alkyl halides is 1. The van der Waals surface area contributed by atoms with Crippen molar-refractivity contribution in [2.24, 2.45) is 0 Å². The summed E-state index contributed by atoms with van der Waals surface area (Å²) in [7, 11) is 0. The lowest BCUT2D eigenvalue weighted by molar-refractivity contribution is 0.220. The van der Waals surface area contributed by atoms with E-state index in [1.54, 1.807) is 16.8 Å². The minimum Gasteiger partial charge on any atom is -0.306 e. The Morgan fingerprint density at radius 3 is 2.16 bits per heavy atom. The molecule has 0 atom stereocenters. The summed E-state index contributed by atoms with van der Waals surface area (Å²) in [5.74, 6) is 0.190. The molecule has 1 rings (SSSR count). The van der Waals surface area contributed by atoms with E-state index in [0.29, 0.717) is 11.1 Å². The molecule has 0 saturated heterocycles. The van der Waals surface area contributed by atoms with Gasteiger partial charge in [-0.25, -0.2) is 4.39 Å². The van der Waals surface area contributed by atoms with Crippen molar-refractivity contribution in [2.45, 2.75) is 60.1 Å². The molecule has 0 saturated carbocycles. The summed E-state index contributed by atoms with van der Waals surface area (Å²) >= 11 is 0. The molecule has 1 N–H and O–H groups in total. The van der Waals surface area contributed by atoms with Crippen molar-refractivity contribution in [3.63, 3.8) is 0 Å². The van der Waals surface area contributed by atoms with Crippen LogP contribution in [0.1, 0.15) is 65.5 Å². The van der Waals surface area contributed by atoms with Gasteiger partial charge in [-0.15, -0.1) is 0 Å². The zero-order chi connectivity index (χ0) is 15.4. The SMILES string of the molecule is C=C(C)n1cc(C(C)(C)F)cc(C(C)C)c1=N.CC. The highest BCUT2D eigenvalue weighted by Gasteiger charge is 2.21. The number of hydrogen-bond donors (Lipinski definition) is 1. The maximum absolute atomic E-state index is 14.0. The summed E-state index contributed by atoms with van der Waals surface area (Å²) in [6, 6.07) is 1.78. The highest BCUT2D eigenvalue weighted by Crippen LogP contribution is 2.26. The lowest BCUT2D eigenvalue weighted by atomic mass is 9.96. The van der Waals surface area contributed by atoms with Crippen LogP contribution in [0.3, 0.4) is 0 Å². The molecule has 0 aliphatic rings. The first-order chi connectivity index (χ1) is 8.64. The van der Waals surface area contributed by atoms with Crippen LogP contribution in [0.15, 0.2) is 18.8 Å². The van der Waals surface area contributed by atoms with Gasteiger partial charge in [0.05, 0.1) is 0 Å². The van der Waals surface area contributed by atoms with Gasteiger partial charge in [-0.2, -0.15) is 0 Å². The third kappa shape index (κ3) is 4.34. The second-order valence-electron chi connectivity index (χ2n) is 5.27. The molecule has 19 heavy (non-hydrogen) atoms. The molecule has 0 aliphatic heterocycles. The van der Waals surface area contributed by atoms with Gasteiger partial charge in [0.15, 0.2) is 0 Å². The van der Waals surface area contributed by atoms with Gasteiger partial charge in [0, 0.05) is 17.5 Å². The van der Waals surface area contributed by atoms with Crippen LogP contribution in [-0.2, 0) is 5.67 Å². The monoisotopic (exact) mass is 266 g/mol. The molecule has 0 radical (unpaired) electrons. The maximum Gasteiger partial charge on any atom is 0.132 e. The Bertz CT molecular complexity index is 490. The van der Waals surface area contributed by atoms with Crippen molar-refractivity contribution in [1.82, 2.24) is 4.57 Å². The van der Waals surface area contributed by atoms with Crippen LogP contribution in [0.4, 0.5) is 4.39 Å². The van der Waals surface area contributed by atoms with Gasteiger partial charge in [-0.3, -0.25) is 5.41 Å². The van der Waals surface area contributed by atoms with E-state index < -0.39 is 5.67 Å². The Balaban J connectivity index is 0.00000154. The average molecular weight is 266 g/mol. The zero-order valence-electron chi connectivity index (χ0n) is 13.3. The number of hydrogen-bond acceptors (Lipinski definition) is 1. The topological polar surface area (TPSA) is 28.8 Å². The second kappa shape index (κ2) is 6.69. The summed E-state index contributed by atoms with van der Waals surface area (Å²) in [5, 5.41) is 8.09. The molecule has 1 aromatic rings. The fraction of sp³-hybridized carbons (Fsp3) is 0.562. The van der Waals surface area contributed by atoms with E-state index in [2.05, 4.69) is 6.58 Å². The van der Waals surface area contributed by atoms with Gasteiger partial charge in [0.25, 0.3) is 0 Å². The molecule has 0 unspecified atom stereocenters. The van der Waals surface area contributed by atoms with Crippen molar-refractivity contribution in [1.29, 1.82) is 5.41 Å². The first-order valence-corrected chi connectivity index (χ1v) is 6.81. The number of aromatic nitrogens is 1. The van der Waals surface area contributed by atoms with Gasteiger partial charge < -0.3 is 4.57 Å². The molecule has 1 heterocycles.